The summed E-state index contributed by atoms with van der Waals surface area (Å²) in [5, 5.41) is 3.87. The minimum Gasteiger partial charge on any atom is -0.497 e. The molecule has 0 unspecified atom stereocenters. The van der Waals surface area contributed by atoms with Gasteiger partial charge in [-0.3, -0.25) is 9.59 Å². The molecule has 1 saturated heterocycles. The first-order valence-corrected chi connectivity index (χ1v) is 10.7. The second-order valence-electron chi connectivity index (χ2n) is 7.60. The molecule has 9 heteroatoms. The normalized spacial score (nSPS) is 13.9. The molecule has 0 saturated carbocycles. The summed E-state index contributed by atoms with van der Waals surface area (Å²) in [5.74, 6) is 2.24. The molecule has 3 aromatic rings. The zero-order valence-corrected chi connectivity index (χ0v) is 18.0. The molecule has 2 aromatic heterocycles. The fourth-order valence-electron chi connectivity index (χ4n) is 3.64. The summed E-state index contributed by atoms with van der Waals surface area (Å²) in [4.78, 5) is 33.0. The molecule has 4 rings (SSSR count). The number of hydrogen-bond acceptors (Lipinski definition) is 7. The van der Waals surface area contributed by atoms with E-state index in [1.165, 1.54) is 0 Å². The monoisotopic (exact) mass is 438 g/mol. The van der Waals surface area contributed by atoms with Crippen molar-refractivity contribution in [2.24, 2.45) is 0 Å². The fourth-order valence-corrected chi connectivity index (χ4v) is 3.64. The lowest BCUT2D eigenvalue weighted by atomic mass is 10.1. The Balaban J connectivity index is 1.18. The number of amides is 2. The van der Waals surface area contributed by atoms with Crippen LogP contribution in [0.1, 0.15) is 24.3 Å². The maximum absolute atomic E-state index is 12.6. The third-order valence-corrected chi connectivity index (χ3v) is 5.53. The van der Waals surface area contributed by atoms with E-state index in [-0.39, 0.29) is 18.2 Å². The van der Waals surface area contributed by atoms with Gasteiger partial charge in [0, 0.05) is 45.4 Å². The summed E-state index contributed by atoms with van der Waals surface area (Å²) >= 11 is 0. The molecule has 0 atom stereocenters. The summed E-state index contributed by atoms with van der Waals surface area (Å²) in [6.07, 6.45) is 3.33. The van der Waals surface area contributed by atoms with Gasteiger partial charge >= 0.3 is 0 Å². The first-order valence-electron chi connectivity index (χ1n) is 10.7. The highest BCUT2D eigenvalue weighted by atomic mass is 16.5. The number of rotatable bonds is 8. The van der Waals surface area contributed by atoms with Crippen molar-refractivity contribution in [1.82, 2.24) is 19.9 Å². The number of carbonyl (C=O) groups excluding carboxylic acids is 2. The average Bonchev–Trinajstić information content (AvgIpc) is 3.53. The Morgan fingerprint density at radius 2 is 1.62 bits per heavy atom. The highest BCUT2D eigenvalue weighted by Gasteiger charge is 2.24. The van der Waals surface area contributed by atoms with Crippen molar-refractivity contribution in [3.8, 4) is 17.3 Å². The van der Waals surface area contributed by atoms with Crippen LogP contribution in [0, 0.1) is 0 Å². The largest absolute Gasteiger partial charge is 0.497 e. The second kappa shape index (κ2) is 10.1. The predicted octanol–water partition coefficient (Wildman–Crippen LogP) is 2.57. The number of furan rings is 1. The van der Waals surface area contributed by atoms with Crippen molar-refractivity contribution in [1.29, 1.82) is 0 Å². The molecule has 3 heterocycles. The number of nitrogens with zero attached hydrogens (tertiary/aromatic N) is 4. The lowest BCUT2D eigenvalue weighted by molar-refractivity contribution is -0.139. The molecule has 0 spiro atoms. The topological polar surface area (TPSA) is 102 Å². The van der Waals surface area contributed by atoms with Gasteiger partial charge in [0.2, 0.25) is 23.5 Å². The van der Waals surface area contributed by atoms with Crippen LogP contribution < -0.4 is 4.74 Å². The summed E-state index contributed by atoms with van der Waals surface area (Å²) < 4.78 is 15.6. The van der Waals surface area contributed by atoms with Crippen LogP contribution in [0.4, 0.5) is 0 Å². The minimum atomic E-state index is 0.0214. The van der Waals surface area contributed by atoms with Crippen LogP contribution in [-0.4, -0.2) is 65.0 Å². The molecule has 0 N–H and O–H groups in total. The van der Waals surface area contributed by atoms with Crippen LogP contribution in [0.25, 0.3) is 11.6 Å². The van der Waals surface area contributed by atoms with Crippen molar-refractivity contribution < 1.29 is 23.3 Å². The summed E-state index contributed by atoms with van der Waals surface area (Å²) in [7, 11) is 1.63. The Hall–Kier alpha value is -3.62. The van der Waals surface area contributed by atoms with E-state index < -0.39 is 0 Å². The van der Waals surface area contributed by atoms with Crippen molar-refractivity contribution in [2.75, 3.05) is 33.3 Å². The van der Waals surface area contributed by atoms with Crippen molar-refractivity contribution in [3.63, 3.8) is 0 Å². The number of hydrogen-bond donors (Lipinski definition) is 0. The molecular weight excluding hydrogens is 412 g/mol. The third kappa shape index (κ3) is 5.35. The predicted molar refractivity (Wildman–Crippen MR) is 115 cm³/mol. The Bertz CT molecular complexity index is 1020. The maximum atomic E-state index is 12.6. The minimum absolute atomic E-state index is 0.0214. The quantitative estimate of drug-likeness (QED) is 0.533. The van der Waals surface area contributed by atoms with Gasteiger partial charge in [0.15, 0.2) is 5.76 Å². The number of ether oxygens (including phenoxy) is 1. The number of aromatic nitrogens is 2. The lowest BCUT2D eigenvalue weighted by Gasteiger charge is -2.35. The van der Waals surface area contributed by atoms with Gasteiger partial charge in [0.25, 0.3) is 0 Å². The summed E-state index contributed by atoms with van der Waals surface area (Å²) in [5.41, 5.74) is 1.10. The SMILES string of the molecule is COc1ccc(CCC(=O)N2CCN(C(=O)CCc3nc(-c4ccco4)no3)CC2)cc1. The van der Waals surface area contributed by atoms with Crippen LogP contribution in [-0.2, 0) is 22.4 Å². The van der Waals surface area contributed by atoms with Gasteiger partial charge in [-0.15, -0.1) is 0 Å². The van der Waals surface area contributed by atoms with Crippen molar-refractivity contribution in [3.05, 3.63) is 54.1 Å². The van der Waals surface area contributed by atoms with E-state index in [1.807, 2.05) is 29.2 Å². The van der Waals surface area contributed by atoms with Gasteiger partial charge in [-0.05, 0) is 36.2 Å². The average molecular weight is 438 g/mol. The van der Waals surface area contributed by atoms with E-state index in [0.717, 1.165) is 11.3 Å². The van der Waals surface area contributed by atoms with Gasteiger partial charge in [-0.2, -0.15) is 4.98 Å². The van der Waals surface area contributed by atoms with Gasteiger partial charge in [-0.25, -0.2) is 0 Å². The van der Waals surface area contributed by atoms with Crippen molar-refractivity contribution >= 4 is 11.8 Å². The standard InChI is InChI=1S/C23H26N4O5/c1-30-18-7-4-17(5-8-18)6-10-21(28)26-12-14-27(15-13-26)22(29)11-9-20-24-23(25-32-20)19-3-2-16-31-19/h2-5,7-8,16H,6,9-15H2,1H3. The van der Waals surface area contributed by atoms with E-state index >= 15 is 0 Å². The van der Waals surface area contributed by atoms with E-state index in [0.29, 0.717) is 62.9 Å². The van der Waals surface area contributed by atoms with Crippen LogP contribution in [0.5, 0.6) is 5.75 Å². The molecule has 1 fully saturated rings. The Morgan fingerprint density at radius 1 is 0.969 bits per heavy atom. The van der Waals surface area contributed by atoms with Crippen molar-refractivity contribution in [2.45, 2.75) is 25.7 Å². The van der Waals surface area contributed by atoms with Crippen LogP contribution in [0.2, 0.25) is 0 Å². The lowest BCUT2D eigenvalue weighted by Crippen LogP contribution is -2.50. The molecule has 0 bridgehead atoms. The Morgan fingerprint density at radius 3 is 2.22 bits per heavy atom. The highest BCUT2D eigenvalue weighted by molar-refractivity contribution is 5.78. The molecule has 1 aromatic carbocycles. The smallest absolute Gasteiger partial charge is 0.238 e. The summed E-state index contributed by atoms with van der Waals surface area (Å²) in [6, 6.07) is 11.2. The molecule has 1 aliphatic heterocycles. The van der Waals surface area contributed by atoms with Gasteiger partial charge in [0.05, 0.1) is 13.4 Å². The van der Waals surface area contributed by atoms with Gasteiger partial charge < -0.3 is 23.5 Å². The first-order chi connectivity index (χ1) is 15.6. The van der Waals surface area contributed by atoms with E-state index in [1.54, 1.807) is 30.4 Å². The number of aryl methyl sites for hydroxylation is 2. The molecule has 168 valence electrons. The van der Waals surface area contributed by atoms with Crippen LogP contribution >= 0.6 is 0 Å². The maximum Gasteiger partial charge on any atom is 0.238 e. The second-order valence-corrected chi connectivity index (χ2v) is 7.60. The zero-order valence-electron chi connectivity index (χ0n) is 18.0. The Kier molecular flexibility index (Phi) is 6.84. The number of piperazine rings is 1. The third-order valence-electron chi connectivity index (χ3n) is 5.53. The molecular formula is C23H26N4O5. The molecule has 2 amide bonds. The number of carbonyl (C=O) groups is 2. The van der Waals surface area contributed by atoms with E-state index in [2.05, 4.69) is 10.1 Å². The first kappa shape index (κ1) is 21.6. The fraction of sp³-hybridized carbons (Fsp3) is 0.391. The van der Waals surface area contributed by atoms with Gasteiger partial charge in [0.1, 0.15) is 5.75 Å². The zero-order chi connectivity index (χ0) is 22.3. The van der Waals surface area contributed by atoms with Gasteiger partial charge in [-0.1, -0.05) is 17.3 Å². The summed E-state index contributed by atoms with van der Waals surface area (Å²) in [6.45, 7) is 2.18. The number of methoxy groups -OCH3 is 1. The number of benzene rings is 1. The molecule has 0 radical (unpaired) electrons. The molecule has 1 aliphatic rings. The van der Waals surface area contributed by atoms with Crippen LogP contribution in [0.15, 0.2) is 51.6 Å². The van der Waals surface area contributed by atoms with E-state index in [9.17, 15) is 9.59 Å². The molecule has 9 nitrogen and oxygen atoms in total. The van der Waals surface area contributed by atoms with E-state index in [4.69, 9.17) is 13.7 Å². The Labute approximate surface area is 185 Å². The molecule has 0 aliphatic carbocycles. The molecule has 32 heavy (non-hydrogen) atoms. The van der Waals surface area contributed by atoms with Crippen LogP contribution in [0.3, 0.4) is 0 Å². The highest BCUT2D eigenvalue weighted by Crippen LogP contribution is 2.17.